The number of likely N-dealkylation sites (tertiary alicyclic amines) is 2. The molecule has 1 aromatic heterocycles. The minimum atomic E-state index is -0.436. The molecule has 2 fully saturated rings. The lowest BCUT2D eigenvalue weighted by Crippen LogP contribution is -2.47. The number of β-amino-alcohol motifs (C(OH)–C–C–N with tert-alkyl or cyclic N) is 1. The van der Waals surface area contributed by atoms with Gasteiger partial charge in [0.2, 0.25) is 5.91 Å². The monoisotopic (exact) mass is 278 g/mol. The van der Waals surface area contributed by atoms with Gasteiger partial charge in [-0.2, -0.15) is 0 Å². The molecule has 2 atom stereocenters. The highest BCUT2D eigenvalue weighted by molar-refractivity contribution is 5.96. The summed E-state index contributed by atoms with van der Waals surface area (Å²) in [6, 6.07) is 2.86. The zero-order valence-electron chi connectivity index (χ0n) is 11.2. The van der Waals surface area contributed by atoms with Gasteiger partial charge in [0, 0.05) is 19.6 Å². The lowest BCUT2D eigenvalue weighted by atomic mass is 10.2. The predicted octanol–water partition coefficient (Wildman–Crippen LogP) is 0.477. The van der Waals surface area contributed by atoms with Crippen molar-refractivity contribution in [2.75, 3.05) is 19.6 Å². The quantitative estimate of drug-likeness (QED) is 0.854. The molecule has 0 spiro atoms. The van der Waals surface area contributed by atoms with E-state index in [-0.39, 0.29) is 17.6 Å². The van der Waals surface area contributed by atoms with Crippen LogP contribution in [-0.2, 0) is 4.79 Å². The van der Waals surface area contributed by atoms with E-state index in [1.165, 1.54) is 6.26 Å². The van der Waals surface area contributed by atoms with Gasteiger partial charge < -0.3 is 19.3 Å². The lowest BCUT2D eigenvalue weighted by molar-refractivity contribution is -0.134. The first-order valence-electron chi connectivity index (χ1n) is 6.98. The van der Waals surface area contributed by atoms with Gasteiger partial charge in [-0.15, -0.1) is 0 Å². The van der Waals surface area contributed by atoms with E-state index < -0.39 is 12.1 Å². The number of carbonyl (C=O) groups is 2. The Bertz CT molecular complexity index is 499. The Morgan fingerprint density at radius 2 is 2.15 bits per heavy atom. The molecule has 0 aliphatic carbocycles. The average molecular weight is 278 g/mol. The van der Waals surface area contributed by atoms with E-state index in [0.29, 0.717) is 32.5 Å². The SMILES string of the molecule is O=C(C1CCCN1C(=O)c1ccco1)N1CC[C@@H](O)C1. The number of hydrogen-bond donors (Lipinski definition) is 1. The number of rotatable bonds is 2. The van der Waals surface area contributed by atoms with Crippen molar-refractivity contribution in [3.05, 3.63) is 24.2 Å². The smallest absolute Gasteiger partial charge is 0.290 e. The summed E-state index contributed by atoms with van der Waals surface area (Å²) in [5.74, 6) is -0.0179. The van der Waals surface area contributed by atoms with Crippen LogP contribution in [-0.4, -0.2) is 58.5 Å². The van der Waals surface area contributed by atoms with Crippen LogP contribution in [0.3, 0.4) is 0 Å². The van der Waals surface area contributed by atoms with Crippen LogP contribution in [0.2, 0.25) is 0 Å². The number of nitrogens with zero attached hydrogens (tertiary/aromatic N) is 2. The molecule has 1 unspecified atom stereocenters. The van der Waals surface area contributed by atoms with Crippen molar-refractivity contribution >= 4 is 11.8 Å². The second-order valence-electron chi connectivity index (χ2n) is 5.36. The van der Waals surface area contributed by atoms with Crippen LogP contribution in [0.4, 0.5) is 0 Å². The first-order chi connectivity index (χ1) is 9.66. The summed E-state index contributed by atoms with van der Waals surface area (Å²) in [4.78, 5) is 28.0. The van der Waals surface area contributed by atoms with Gasteiger partial charge in [-0.25, -0.2) is 0 Å². The maximum absolute atomic E-state index is 12.5. The molecule has 0 aromatic carbocycles. The van der Waals surface area contributed by atoms with E-state index in [4.69, 9.17) is 4.42 Å². The predicted molar refractivity (Wildman–Crippen MR) is 70.0 cm³/mol. The molecule has 3 heterocycles. The summed E-state index contributed by atoms with van der Waals surface area (Å²) in [7, 11) is 0. The lowest BCUT2D eigenvalue weighted by Gasteiger charge is -2.27. The Hall–Kier alpha value is -1.82. The van der Waals surface area contributed by atoms with Crippen LogP contribution < -0.4 is 0 Å². The summed E-state index contributed by atoms with van der Waals surface area (Å²) < 4.78 is 5.12. The Labute approximate surface area is 117 Å². The molecule has 2 aliphatic heterocycles. The van der Waals surface area contributed by atoms with Crippen molar-refractivity contribution in [1.29, 1.82) is 0 Å². The first-order valence-corrected chi connectivity index (χ1v) is 6.98. The van der Waals surface area contributed by atoms with E-state index in [1.54, 1.807) is 21.9 Å². The van der Waals surface area contributed by atoms with E-state index in [0.717, 1.165) is 6.42 Å². The summed E-state index contributed by atoms with van der Waals surface area (Å²) in [6.45, 7) is 1.52. The number of amides is 2. The highest BCUT2D eigenvalue weighted by Crippen LogP contribution is 2.23. The van der Waals surface area contributed by atoms with Crippen LogP contribution in [0.15, 0.2) is 22.8 Å². The third-order valence-electron chi connectivity index (χ3n) is 4.01. The molecule has 0 radical (unpaired) electrons. The first kappa shape index (κ1) is 13.2. The maximum Gasteiger partial charge on any atom is 0.290 e. The van der Waals surface area contributed by atoms with Crippen LogP contribution in [0.5, 0.6) is 0 Å². The molecule has 0 bridgehead atoms. The molecule has 0 saturated carbocycles. The molecule has 2 aliphatic rings. The van der Waals surface area contributed by atoms with Crippen LogP contribution in [0, 0.1) is 0 Å². The van der Waals surface area contributed by atoms with Gasteiger partial charge in [-0.05, 0) is 31.4 Å². The summed E-state index contributed by atoms with van der Waals surface area (Å²) in [5.41, 5.74) is 0. The van der Waals surface area contributed by atoms with E-state index in [2.05, 4.69) is 0 Å². The van der Waals surface area contributed by atoms with Gasteiger partial charge in [0.05, 0.1) is 12.4 Å². The highest BCUT2D eigenvalue weighted by atomic mass is 16.3. The largest absolute Gasteiger partial charge is 0.459 e. The third kappa shape index (κ3) is 2.31. The molecular formula is C14H18N2O4. The molecule has 6 heteroatoms. The summed E-state index contributed by atoms with van der Waals surface area (Å²) >= 11 is 0. The molecule has 2 amide bonds. The van der Waals surface area contributed by atoms with Gasteiger partial charge >= 0.3 is 0 Å². The second-order valence-corrected chi connectivity index (χ2v) is 5.36. The van der Waals surface area contributed by atoms with Gasteiger partial charge in [-0.1, -0.05) is 0 Å². The van der Waals surface area contributed by atoms with Gasteiger partial charge in [0.25, 0.3) is 5.91 Å². The molecule has 108 valence electrons. The fourth-order valence-electron chi connectivity index (χ4n) is 2.96. The Kier molecular flexibility index (Phi) is 3.48. The Balaban J connectivity index is 1.72. The fraction of sp³-hybridized carbons (Fsp3) is 0.571. The van der Waals surface area contributed by atoms with E-state index in [1.807, 2.05) is 0 Å². The topological polar surface area (TPSA) is 74.0 Å². The van der Waals surface area contributed by atoms with Crippen molar-refractivity contribution in [2.45, 2.75) is 31.4 Å². The molecular weight excluding hydrogens is 260 g/mol. The number of aliphatic hydroxyl groups is 1. The van der Waals surface area contributed by atoms with Gasteiger partial charge in [0.15, 0.2) is 5.76 Å². The zero-order valence-corrected chi connectivity index (χ0v) is 11.2. The van der Waals surface area contributed by atoms with Crippen molar-refractivity contribution in [3.63, 3.8) is 0 Å². The van der Waals surface area contributed by atoms with Crippen molar-refractivity contribution in [2.24, 2.45) is 0 Å². The van der Waals surface area contributed by atoms with Crippen LogP contribution in [0.25, 0.3) is 0 Å². The number of aliphatic hydroxyl groups excluding tert-OH is 1. The van der Waals surface area contributed by atoms with Crippen molar-refractivity contribution < 1.29 is 19.1 Å². The zero-order chi connectivity index (χ0) is 14.1. The Morgan fingerprint density at radius 3 is 2.80 bits per heavy atom. The molecule has 1 aromatic rings. The average Bonchev–Trinajstić information content (AvgIpc) is 3.18. The van der Waals surface area contributed by atoms with E-state index >= 15 is 0 Å². The number of hydrogen-bond acceptors (Lipinski definition) is 4. The van der Waals surface area contributed by atoms with Crippen molar-refractivity contribution in [3.8, 4) is 0 Å². The van der Waals surface area contributed by atoms with Crippen LogP contribution >= 0.6 is 0 Å². The third-order valence-corrected chi connectivity index (χ3v) is 4.01. The molecule has 1 N–H and O–H groups in total. The normalized spacial score (nSPS) is 26.2. The fourth-order valence-corrected chi connectivity index (χ4v) is 2.96. The van der Waals surface area contributed by atoms with Gasteiger partial charge in [0.1, 0.15) is 6.04 Å². The minimum absolute atomic E-state index is 0.0565. The standard InChI is InChI=1S/C14H18N2O4/c17-10-5-7-15(9-10)13(18)11-3-1-6-16(11)14(19)12-4-2-8-20-12/h2,4,8,10-11,17H,1,3,5-7,9H2/t10-,11?/m1/s1. The molecule has 6 nitrogen and oxygen atoms in total. The Morgan fingerprint density at radius 1 is 1.30 bits per heavy atom. The maximum atomic E-state index is 12.5. The second kappa shape index (κ2) is 5.28. The minimum Gasteiger partial charge on any atom is -0.459 e. The van der Waals surface area contributed by atoms with Crippen LogP contribution in [0.1, 0.15) is 29.8 Å². The summed E-state index contributed by atoms with van der Waals surface area (Å²) in [5, 5.41) is 9.53. The van der Waals surface area contributed by atoms with Crippen molar-refractivity contribution in [1.82, 2.24) is 9.80 Å². The molecule has 2 saturated heterocycles. The highest BCUT2D eigenvalue weighted by Gasteiger charge is 2.39. The number of furan rings is 1. The molecule has 20 heavy (non-hydrogen) atoms. The van der Waals surface area contributed by atoms with Gasteiger partial charge in [-0.3, -0.25) is 9.59 Å². The van der Waals surface area contributed by atoms with E-state index in [9.17, 15) is 14.7 Å². The summed E-state index contributed by atoms with van der Waals surface area (Å²) in [6.07, 6.45) is 3.13. The molecule has 3 rings (SSSR count). The number of carbonyl (C=O) groups excluding carboxylic acids is 2.